The molecule has 0 atom stereocenters. The van der Waals surface area contributed by atoms with Crippen LogP contribution in [0.5, 0.6) is 0 Å². The summed E-state index contributed by atoms with van der Waals surface area (Å²) >= 11 is 0. The van der Waals surface area contributed by atoms with Gasteiger partial charge in [-0.1, -0.05) is 127 Å². The number of hydrogen-bond acceptors (Lipinski definition) is 2. The highest BCUT2D eigenvalue weighted by molar-refractivity contribution is 6.28. The van der Waals surface area contributed by atoms with Gasteiger partial charge in [-0.3, -0.25) is 9.13 Å². The molecule has 0 N–H and O–H groups in total. The van der Waals surface area contributed by atoms with Gasteiger partial charge in [0, 0.05) is 43.4 Å². The highest BCUT2D eigenvalue weighted by Gasteiger charge is 2.30. The Balaban J connectivity index is 1.28. The molecule has 4 aromatic heterocycles. The molecule has 1 aliphatic rings. The minimum absolute atomic E-state index is 0.789. The van der Waals surface area contributed by atoms with Gasteiger partial charge in [-0.2, -0.15) is 0 Å². The van der Waals surface area contributed by atoms with Crippen LogP contribution in [-0.4, -0.2) is 23.7 Å². The molecular formula is C50H29N5. The van der Waals surface area contributed by atoms with E-state index >= 15 is 0 Å². The zero-order chi connectivity index (χ0) is 35.8. The Morgan fingerprint density at radius 2 is 0.764 bits per heavy atom. The minimum atomic E-state index is 0.789. The summed E-state index contributed by atoms with van der Waals surface area (Å²) in [6.07, 6.45) is 0. The van der Waals surface area contributed by atoms with E-state index in [9.17, 15) is 0 Å². The molecule has 0 aliphatic carbocycles. The molecule has 5 heteroatoms. The maximum Gasteiger partial charge on any atom is 0.182 e. The van der Waals surface area contributed by atoms with Gasteiger partial charge in [0.15, 0.2) is 11.6 Å². The molecular weight excluding hydrogens is 671 g/mol. The van der Waals surface area contributed by atoms with Crippen LogP contribution in [0.1, 0.15) is 0 Å². The molecule has 0 bridgehead atoms. The Morgan fingerprint density at radius 3 is 1.40 bits per heavy atom. The van der Waals surface area contributed by atoms with Crippen molar-refractivity contribution in [3.63, 3.8) is 0 Å². The minimum Gasteiger partial charge on any atom is -0.308 e. The molecule has 0 radical (unpaired) electrons. The fourth-order valence-corrected chi connectivity index (χ4v) is 9.58. The number of hydrogen-bond donors (Lipinski definition) is 0. The van der Waals surface area contributed by atoms with E-state index in [4.69, 9.17) is 9.97 Å². The van der Waals surface area contributed by atoms with Crippen molar-refractivity contribution in [2.24, 2.45) is 0 Å². The van der Waals surface area contributed by atoms with Crippen molar-refractivity contribution in [2.45, 2.75) is 0 Å². The second kappa shape index (κ2) is 10.6. The van der Waals surface area contributed by atoms with E-state index in [1.807, 2.05) is 12.1 Å². The van der Waals surface area contributed by atoms with Crippen LogP contribution in [0.3, 0.4) is 0 Å². The Kier molecular flexibility index (Phi) is 5.57. The number of nitrogens with zero attached hydrogens (tertiary/aromatic N) is 5. The van der Waals surface area contributed by atoms with Crippen molar-refractivity contribution in [1.82, 2.24) is 23.7 Å². The van der Waals surface area contributed by atoms with Crippen LogP contribution >= 0.6 is 0 Å². The van der Waals surface area contributed by atoms with E-state index in [1.165, 1.54) is 71.3 Å². The Morgan fingerprint density at radius 1 is 0.327 bits per heavy atom. The summed E-state index contributed by atoms with van der Waals surface area (Å²) in [6, 6.07) is 63.4. The third kappa shape index (κ3) is 3.71. The van der Waals surface area contributed by atoms with Gasteiger partial charge >= 0.3 is 0 Å². The van der Waals surface area contributed by atoms with Crippen LogP contribution in [0.25, 0.3) is 116 Å². The number of aromatic nitrogens is 5. The van der Waals surface area contributed by atoms with Crippen LogP contribution in [0.2, 0.25) is 0 Å². The smallest absolute Gasteiger partial charge is 0.182 e. The SMILES string of the molecule is c1ccc2c(c1)-c1ccccc1-n1c3ccccc3c3cc4c(c-2c31)c1ccccc1n4-c1nc2ccccc2nc1-n1c2ccccc2c2ccccc21. The van der Waals surface area contributed by atoms with Crippen LogP contribution in [0.4, 0.5) is 0 Å². The molecule has 0 saturated heterocycles. The summed E-state index contributed by atoms with van der Waals surface area (Å²) in [4.78, 5) is 11.1. The molecule has 55 heavy (non-hydrogen) atoms. The third-order valence-electron chi connectivity index (χ3n) is 11.8. The van der Waals surface area contributed by atoms with Crippen molar-refractivity contribution in [1.29, 1.82) is 0 Å². The summed E-state index contributed by atoms with van der Waals surface area (Å²) in [7, 11) is 0. The number of fused-ring (bicyclic) bond motifs is 16. The van der Waals surface area contributed by atoms with Gasteiger partial charge in [0.2, 0.25) is 0 Å². The lowest BCUT2D eigenvalue weighted by molar-refractivity contribution is 0.996. The maximum absolute atomic E-state index is 5.57. The molecule has 12 aromatic rings. The zero-order valence-electron chi connectivity index (χ0n) is 29.5. The van der Waals surface area contributed by atoms with Crippen LogP contribution in [-0.2, 0) is 0 Å². The first kappa shape index (κ1) is 29.0. The van der Waals surface area contributed by atoms with Gasteiger partial charge in [-0.25, -0.2) is 9.97 Å². The second-order valence-electron chi connectivity index (χ2n) is 14.5. The molecule has 5 heterocycles. The van der Waals surface area contributed by atoms with E-state index in [-0.39, 0.29) is 0 Å². The van der Waals surface area contributed by atoms with E-state index in [2.05, 4.69) is 177 Å². The molecule has 13 rings (SSSR count). The normalized spacial score (nSPS) is 12.4. The molecule has 0 fully saturated rings. The summed E-state index contributed by atoms with van der Waals surface area (Å²) in [5, 5.41) is 7.19. The van der Waals surface area contributed by atoms with E-state index in [1.54, 1.807) is 0 Å². The third-order valence-corrected chi connectivity index (χ3v) is 11.8. The van der Waals surface area contributed by atoms with Crippen molar-refractivity contribution < 1.29 is 0 Å². The van der Waals surface area contributed by atoms with Gasteiger partial charge in [0.25, 0.3) is 0 Å². The lowest BCUT2D eigenvalue weighted by Gasteiger charge is -2.16. The van der Waals surface area contributed by atoms with Crippen molar-refractivity contribution in [2.75, 3.05) is 0 Å². The van der Waals surface area contributed by atoms with Gasteiger partial charge in [0.05, 0.1) is 49.8 Å². The van der Waals surface area contributed by atoms with Crippen LogP contribution in [0.15, 0.2) is 176 Å². The van der Waals surface area contributed by atoms with E-state index in [0.717, 1.165) is 44.7 Å². The standard InChI is InChI=1S/C50H29N5/c1-2-20-35-30(15-1)31-16-3-10-24-40(31)53-41-25-11-6-19-34(41)37-29-45-46(47(35)48(37)53)36-21-7-14-28-44(36)55(45)50-49(51-38-22-8-9-23-39(38)52-50)54-42-26-12-4-17-32(42)33-18-5-13-27-43(33)54/h1-29H. The molecule has 8 aromatic carbocycles. The maximum atomic E-state index is 5.57. The predicted octanol–water partition coefficient (Wildman–Crippen LogP) is 12.6. The van der Waals surface area contributed by atoms with Crippen LogP contribution in [0, 0.1) is 0 Å². The lowest BCUT2D eigenvalue weighted by Crippen LogP contribution is -2.09. The molecule has 0 spiro atoms. The number of para-hydroxylation sites is 7. The largest absolute Gasteiger partial charge is 0.308 e. The summed E-state index contributed by atoms with van der Waals surface area (Å²) < 4.78 is 7.19. The van der Waals surface area contributed by atoms with Gasteiger partial charge in [-0.05, 0) is 59.7 Å². The first-order chi connectivity index (χ1) is 27.3. The molecule has 0 amide bonds. The fraction of sp³-hybridized carbons (Fsp3) is 0. The highest BCUT2D eigenvalue weighted by atomic mass is 15.2. The summed E-state index contributed by atoms with van der Waals surface area (Å²) in [6.45, 7) is 0. The monoisotopic (exact) mass is 699 g/mol. The first-order valence-corrected chi connectivity index (χ1v) is 18.8. The molecule has 1 aliphatic heterocycles. The topological polar surface area (TPSA) is 40.6 Å². The quantitative estimate of drug-likeness (QED) is 0.180. The Hall–Kier alpha value is -7.50. The first-order valence-electron chi connectivity index (χ1n) is 18.8. The molecule has 0 unspecified atom stereocenters. The summed E-state index contributed by atoms with van der Waals surface area (Å²) in [5.41, 5.74) is 14.6. The molecule has 0 saturated carbocycles. The summed E-state index contributed by atoms with van der Waals surface area (Å²) in [5.74, 6) is 1.58. The second-order valence-corrected chi connectivity index (χ2v) is 14.5. The predicted molar refractivity (Wildman–Crippen MR) is 227 cm³/mol. The van der Waals surface area contributed by atoms with Crippen molar-refractivity contribution in [3.8, 4) is 39.6 Å². The van der Waals surface area contributed by atoms with E-state index in [0.29, 0.717) is 0 Å². The van der Waals surface area contributed by atoms with Gasteiger partial charge in [-0.15, -0.1) is 0 Å². The van der Waals surface area contributed by atoms with E-state index < -0.39 is 0 Å². The zero-order valence-corrected chi connectivity index (χ0v) is 29.5. The average molecular weight is 700 g/mol. The fourth-order valence-electron chi connectivity index (χ4n) is 9.58. The lowest BCUT2D eigenvalue weighted by atomic mass is 9.91. The number of benzene rings is 8. The van der Waals surface area contributed by atoms with Crippen molar-refractivity contribution in [3.05, 3.63) is 176 Å². The van der Waals surface area contributed by atoms with Gasteiger partial charge in [0.1, 0.15) is 0 Å². The molecule has 254 valence electrons. The Bertz CT molecular complexity index is 3560. The Labute approximate surface area is 314 Å². The average Bonchev–Trinajstić information content (AvgIpc) is 3.85. The van der Waals surface area contributed by atoms with Crippen LogP contribution < -0.4 is 0 Å². The van der Waals surface area contributed by atoms with Gasteiger partial charge < -0.3 is 4.57 Å². The van der Waals surface area contributed by atoms with Crippen molar-refractivity contribution >= 4 is 76.5 Å². The number of rotatable bonds is 2. The highest BCUT2D eigenvalue weighted by Crippen LogP contribution is 2.52. The molecule has 5 nitrogen and oxygen atoms in total.